The van der Waals surface area contributed by atoms with Crippen LogP contribution in [0.15, 0.2) is 29.3 Å². The number of hydrogen-bond acceptors (Lipinski definition) is 5. The van der Waals surface area contributed by atoms with Gasteiger partial charge in [-0.05, 0) is 30.5 Å². The number of benzene rings is 1. The number of ether oxygens (including phenoxy) is 1. The van der Waals surface area contributed by atoms with Crippen molar-refractivity contribution in [1.29, 1.82) is 0 Å². The number of methoxy groups -OCH3 is 1. The molecule has 8 nitrogen and oxygen atoms in total. The molecule has 0 aliphatic heterocycles. The van der Waals surface area contributed by atoms with Gasteiger partial charge < -0.3 is 4.74 Å². The van der Waals surface area contributed by atoms with E-state index in [1.54, 1.807) is 17.8 Å². The smallest absolute Gasteiger partial charge is 0.350 e. The maximum atomic E-state index is 15.1. The SMILES string of the molecule is CCn1cnn(-c2cc3c(C(C)C)cc(-c4c(Cl)c(OC)nn4C)nc3cc2F)c1=O. The van der Waals surface area contributed by atoms with E-state index in [4.69, 9.17) is 16.3 Å². The van der Waals surface area contributed by atoms with Gasteiger partial charge in [-0.25, -0.2) is 14.2 Å². The van der Waals surface area contributed by atoms with Crippen LogP contribution in [-0.2, 0) is 13.6 Å². The third-order valence-electron chi connectivity index (χ3n) is 5.23. The molecule has 0 saturated heterocycles. The van der Waals surface area contributed by atoms with Crippen molar-refractivity contribution in [2.24, 2.45) is 7.05 Å². The first-order valence-corrected chi connectivity index (χ1v) is 10.2. The number of pyridine rings is 1. The van der Waals surface area contributed by atoms with Crippen molar-refractivity contribution >= 4 is 22.5 Å². The zero-order valence-electron chi connectivity index (χ0n) is 17.8. The van der Waals surface area contributed by atoms with Gasteiger partial charge in [0.2, 0.25) is 0 Å². The topological polar surface area (TPSA) is 79.8 Å². The monoisotopic (exact) mass is 444 g/mol. The van der Waals surface area contributed by atoms with E-state index in [1.807, 2.05) is 26.8 Å². The molecule has 0 atom stereocenters. The molecule has 0 aliphatic rings. The lowest BCUT2D eigenvalue weighted by Gasteiger charge is -2.14. The lowest BCUT2D eigenvalue weighted by molar-refractivity contribution is 0.392. The molecule has 0 bridgehead atoms. The normalized spacial score (nSPS) is 11.6. The van der Waals surface area contributed by atoms with Crippen LogP contribution in [0.4, 0.5) is 4.39 Å². The molecule has 3 aromatic heterocycles. The summed E-state index contributed by atoms with van der Waals surface area (Å²) in [6.07, 6.45) is 1.40. The van der Waals surface area contributed by atoms with Crippen LogP contribution in [0.1, 0.15) is 32.3 Å². The highest BCUT2D eigenvalue weighted by molar-refractivity contribution is 6.34. The predicted molar refractivity (Wildman–Crippen MR) is 117 cm³/mol. The number of hydrogen-bond donors (Lipinski definition) is 0. The quantitative estimate of drug-likeness (QED) is 0.466. The average Bonchev–Trinajstić information content (AvgIpc) is 3.24. The van der Waals surface area contributed by atoms with Crippen LogP contribution in [0.5, 0.6) is 5.88 Å². The van der Waals surface area contributed by atoms with Gasteiger partial charge in [-0.2, -0.15) is 9.78 Å². The molecule has 0 radical (unpaired) electrons. The number of halogens is 2. The van der Waals surface area contributed by atoms with Crippen molar-refractivity contribution in [2.45, 2.75) is 33.2 Å². The number of fused-ring (bicyclic) bond motifs is 1. The van der Waals surface area contributed by atoms with Crippen molar-refractivity contribution in [3.8, 4) is 23.0 Å². The number of rotatable bonds is 5. The molecule has 162 valence electrons. The largest absolute Gasteiger partial charge is 0.479 e. The minimum Gasteiger partial charge on any atom is -0.479 e. The van der Waals surface area contributed by atoms with Crippen LogP contribution >= 0.6 is 11.6 Å². The van der Waals surface area contributed by atoms with E-state index in [-0.39, 0.29) is 11.6 Å². The summed E-state index contributed by atoms with van der Waals surface area (Å²) >= 11 is 6.45. The summed E-state index contributed by atoms with van der Waals surface area (Å²) < 4.78 is 24.3. The molecule has 0 fully saturated rings. The highest BCUT2D eigenvalue weighted by atomic mass is 35.5. The van der Waals surface area contributed by atoms with Crippen LogP contribution < -0.4 is 10.4 Å². The Morgan fingerprint density at radius 1 is 1.26 bits per heavy atom. The fraction of sp³-hybridized carbons (Fsp3) is 0.333. The van der Waals surface area contributed by atoms with Gasteiger partial charge in [0.1, 0.15) is 22.7 Å². The second kappa shape index (κ2) is 7.81. The molecule has 0 N–H and O–H groups in total. The minimum absolute atomic E-state index is 0.0846. The summed E-state index contributed by atoms with van der Waals surface area (Å²) in [7, 11) is 3.23. The van der Waals surface area contributed by atoms with Crippen molar-refractivity contribution in [3.05, 3.63) is 51.4 Å². The van der Waals surface area contributed by atoms with Gasteiger partial charge >= 0.3 is 5.69 Å². The lowest BCUT2D eigenvalue weighted by atomic mass is 9.96. The first kappa shape index (κ1) is 21.0. The van der Waals surface area contributed by atoms with E-state index in [1.165, 1.54) is 24.1 Å². The summed E-state index contributed by atoms with van der Waals surface area (Å²) in [5.74, 6) is -0.204. The van der Waals surface area contributed by atoms with E-state index < -0.39 is 11.5 Å². The number of aromatic nitrogens is 6. The van der Waals surface area contributed by atoms with E-state index in [2.05, 4.69) is 15.2 Å². The van der Waals surface area contributed by atoms with Gasteiger partial charge in [0, 0.05) is 25.0 Å². The molecule has 31 heavy (non-hydrogen) atoms. The average molecular weight is 445 g/mol. The summed E-state index contributed by atoms with van der Waals surface area (Å²) in [6.45, 7) is 6.34. The van der Waals surface area contributed by atoms with Gasteiger partial charge in [-0.1, -0.05) is 25.4 Å². The third kappa shape index (κ3) is 3.38. The Kier molecular flexibility index (Phi) is 5.30. The van der Waals surface area contributed by atoms with Crippen LogP contribution in [-0.4, -0.2) is 36.2 Å². The Hall–Kier alpha value is -3.20. The van der Waals surface area contributed by atoms with Crippen molar-refractivity contribution in [1.82, 2.24) is 29.1 Å². The molecule has 0 aliphatic carbocycles. The molecule has 4 rings (SSSR count). The summed E-state index contributed by atoms with van der Waals surface area (Å²) in [5, 5.41) is 9.38. The Bertz CT molecular complexity index is 1350. The Morgan fingerprint density at radius 2 is 2.00 bits per heavy atom. The standard InChI is InChI=1S/C21H22ClFN6O2/c1-6-28-10-24-29(21(28)30)17-8-13-12(11(2)3)7-16(25-15(13)9-14(17)23)19-18(22)20(31-5)26-27(19)4/h7-11H,6H2,1-5H3. The minimum atomic E-state index is -0.594. The molecular weight excluding hydrogens is 423 g/mol. The maximum absolute atomic E-state index is 15.1. The third-order valence-corrected chi connectivity index (χ3v) is 5.57. The lowest BCUT2D eigenvalue weighted by Crippen LogP contribution is -2.23. The van der Waals surface area contributed by atoms with E-state index in [0.29, 0.717) is 34.4 Å². The summed E-state index contributed by atoms with van der Waals surface area (Å²) in [4.78, 5) is 17.1. The first-order valence-electron chi connectivity index (χ1n) is 9.82. The van der Waals surface area contributed by atoms with Crippen LogP contribution in [0.3, 0.4) is 0 Å². The highest BCUT2D eigenvalue weighted by Crippen LogP contribution is 2.37. The zero-order valence-corrected chi connectivity index (χ0v) is 18.6. The number of aryl methyl sites for hydroxylation is 2. The first-order chi connectivity index (χ1) is 14.8. The van der Waals surface area contributed by atoms with E-state index in [0.717, 1.165) is 15.6 Å². The van der Waals surface area contributed by atoms with Crippen molar-refractivity contribution < 1.29 is 9.13 Å². The van der Waals surface area contributed by atoms with E-state index >= 15 is 4.39 Å². The summed E-state index contributed by atoms with van der Waals surface area (Å²) in [5.41, 5.74) is 2.19. The molecule has 0 amide bonds. The molecule has 0 unspecified atom stereocenters. The second-order valence-corrected chi connectivity index (χ2v) is 7.86. The van der Waals surface area contributed by atoms with Crippen molar-refractivity contribution in [3.63, 3.8) is 0 Å². The molecule has 10 heteroatoms. The molecule has 1 aromatic carbocycles. The maximum Gasteiger partial charge on any atom is 0.350 e. The molecule has 0 saturated carbocycles. The Morgan fingerprint density at radius 3 is 2.58 bits per heavy atom. The van der Waals surface area contributed by atoms with E-state index in [9.17, 15) is 4.79 Å². The van der Waals surface area contributed by atoms with Gasteiger partial charge in [0.05, 0.1) is 18.3 Å². The Labute approximate surface area is 182 Å². The fourth-order valence-electron chi connectivity index (χ4n) is 3.62. The van der Waals surface area contributed by atoms with Gasteiger partial charge in [-0.15, -0.1) is 5.10 Å². The zero-order chi connectivity index (χ0) is 22.4. The summed E-state index contributed by atoms with van der Waals surface area (Å²) in [6, 6.07) is 4.85. The number of nitrogens with zero attached hydrogens (tertiary/aromatic N) is 6. The highest BCUT2D eigenvalue weighted by Gasteiger charge is 2.21. The van der Waals surface area contributed by atoms with Crippen molar-refractivity contribution in [2.75, 3.05) is 7.11 Å². The van der Waals surface area contributed by atoms with Gasteiger partial charge in [0.15, 0.2) is 5.82 Å². The van der Waals surface area contributed by atoms with Crippen LogP contribution in [0, 0.1) is 5.82 Å². The van der Waals surface area contributed by atoms with Gasteiger partial charge in [-0.3, -0.25) is 9.25 Å². The fourth-order valence-corrected chi connectivity index (χ4v) is 3.96. The van der Waals surface area contributed by atoms with Gasteiger partial charge in [0.25, 0.3) is 5.88 Å². The second-order valence-electron chi connectivity index (χ2n) is 7.48. The Balaban J connectivity index is 1.99. The molecule has 3 heterocycles. The molecule has 4 aromatic rings. The van der Waals surface area contributed by atoms with Crippen LogP contribution in [0.2, 0.25) is 5.02 Å². The molecule has 0 spiro atoms. The molecular formula is C21H22ClFN6O2. The van der Waals surface area contributed by atoms with Crippen LogP contribution in [0.25, 0.3) is 28.0 Å². The predicted octanol–water partition coefficient (Wildman–Crippen LogP) is 3.93.